The minimum Gasteiger partial charge on any atom is -0.489 e. The maximum absolute atomic E-state index is 13.6. The van der Waals surface area contributed by atoms with Crippen molar-refractivity contribution in [3.8, 4) is 11.8 Å². The molecule has 140 valence electrons. The summed E-state index contributed by atoms with van der Waals surface area (Å²) in [5, 5.41) is 13.9. The van der Waals surface area contributed by atoms with Gasteiger partial charge < -0.3 is 10.1 Å². The van der Waals surface area contributed by atoms with Gasteiger partial charge in [-0.1, -0.05) is 36.4 Å². The lowest BCUT2D eigenvalue weighted by Crippen LogP contribution is -2.23. The zero-order valence-corrected chi connectivity index (χ0v) is 15.7. The van der Waals surface area contributed by atoms with Crippen molar-refractivity contribution in [2.24, 2.45) is 0 Å². The summed E-state index contributed by atoms with van der Waals surface area (Å²) in [4.78, 5) is 13.2. The first kappa shape index (κ1) is 19.3. The highest BCUT2D eigenvalue weighted by molar-refractivity contribution is 7.09. The van der Waals surface area contributed by atoms with Gasteiger partial charge in [0, 0.05) is 10.4 Å². The number of thiophene rings is 1. The van der Waals surface area contributed by atoms with Crippen molar-refractivity contribution < 1.29 is 13.9 Å². The monoisotopic (exact) mass is 392 g/mol. The smallest absolute Gasteiger partial charge is 0.262 e. The molecule has 0 saturated heterocycles. The molecule has 0 aliphatic heterocycles. The number of carbonyl (C=O) groups excluding carboxylic acids is 1. The van der Waals surface area contributed by atoms with E-state index in [2.05, 4.69) is 5.32 Å². The number of amides is 1. The second-order valence-corrected chi connectivity index (χ2v) is 6.91. The molecule has 2 aromatic carbocycles. The topological polar surface area (TPSA) is 62.1 Å². The first-order valence-corrected chi connectivity index (χ1v) is 9.42. The minimum absolute atomic E-state index is 0.0246. The van der Waals surface area contributed by atoms with Crippen molar-refractivity contribution >= 4 is 23.3 Å². The Bertz CT molecular complexity index is 1010. The molecule has 0 aliphatic carbocycles. The molecular formula is C22H17FN2O2S. The summed E-state index contributed by atoms with van der Waals surface area (Å²) in [7, 11) is 0. The van der Waals surface area contributed by atoms with Crippen molar-refractivity contribution in [2.45, 2.75) is 13.2 Å². The Kier molecular flexibility index (Phi) is 6.55. The molecule has 0 aliphatic rings. The zero-order valence-electron chi connectivity index (χ0n) is 14.9. The lowest BCUT2D eigenvalue weighted by molar-refractivity contribution is -0.117. The third-order valence-electron chi connectivity index (χ3n) is 3.91. The Hall–Kier alpha value is -3.43. The van der Waals surface area contributed by atoms with Crippen molar-refractivity contribution in [1.82, 2.24) is 5.32 Å². The van der Waals surface area contributed by atoms with E-state index in [4.69, 9.17) is 4.74 Å². The number of nitriles is 1. The van der Waals surface area contributed by atoms with Gasteiger partial charge in [0.1, 0.15) is 29.8 Å². The molecule has 0 spiro atoms. The van der Waals surface area contributed by atoms with Crippen LogP contribution in [0.25, 0.3) is 6.08 Å². The fourth-order valence-electron chi connectivity index (χ4n) is 2.43. The fraction of sp³-hybridized carbons (Fsp3) is 0.0909. The fourth-order valence-corrected chi connectivity index (χ4v) is 3.07. The van der Waals surface area contributed by atoms with Gasteiger partial charge in [-0.2, -0.15) is 5.26 Å². The summed E-state index contributed by atoms with van der Waals surface area (Å²) >= 11 is 1.54. The molecule has 28 heavy (non-hydrogen) atoms. The van der Waals surface area contributed by atoms with E-state index in [-0.39, 0.29) is 18.0 Å². The van der Waals surface area contributed by atoms with E-state index in [0.717, 1.165) is 4.88 Å². The van der Waals surface area contributed by atoms with Gasteiger partial charge in [0.05, 0.1) is 6.54 Å². The van der Waals surface area contributed by atoms with E-state index in [0.29, 0.717) is 23.4 Å². The normalized spacial score (nSPS) is 10.9. The molecule has 3 rings (SSSR count). The summed E-state index contributed by atoms with van der Waals surface area (Å²) in [5.74, 6) is -0.161. The first-order chi connectivity index (χ1) is 13.7. The minimum atomic E-state index is -0.421. The van der Waals surface area contributed by atoms with Crippen LogP contribution < -0.4 is 10.1 Å². The number of hydrogen-bond donors (Lipinski definition) is 1. The van der Waals surface area contributed by atoms with E-state index >= 15 is 0 Å². The first-order valence-electron chi connectivity index (χ1n) is 8.54. The number of ether oxygens (including phenoxy) is 1. The maximum Gasteiger partial charge on any atom is 0.262 e. The second-order valence-electron chi connectivity index (χ2n) is 5.88. The average molecular weight is 392 g/mol. The molecule has 1 N–H and O–H groups in total. The Labute approximate surface area is 166 Å². The van der Waals surface area contributed by atoms with Gasteiger partial charge in [-0.05, 0) is 41.3 Å². The Morgan fingerprint density at radius 1 is 1.14 bits per heavy atom. The lowest BCUT2D eigenvalue weighted by Gasteiger charge is -2.07. The average Bonchev–Trinajstić information content (AvgIpc) is 3.24. The van der Waals surface area contributed by atoms with E-state index < -0.39 is 5.91 Å². The zero-order chi connectivity index (χ0) is 19.8. The van der Waals surface area contributed by atoms with Crippen LogP contribution in [-0.2, 0) is 17.9 Å². The molecule has 1 amide bonds. The Balaban J connectivity index is 1.60. The molecular weight excluding hydrogens is 375 g/mol. The third kappa shape index (κ3) is 5.29. The summed E-state index contributed by atoms with van der Waals surface area (Å²) in [6, 6.07) is 19.1. The highest BCUT2D eigenvalue weighted by Crippen LogP contribution is 2.17. The highest BCUT2D eigenvalue weighted by Gasteiger charge is 2.09. The van der Waals surface area contributed by atoms with Crippen LogP contribution in [0.5, 0.6) is 5.75 Å². The summed E-state index contributed by atoms with van der Waals surface area (Å²) < 4.78 is 19.2. The molecule has 0 unspecified atom stereocenters. The van der Waals surface area contributed by atoms with E-state index in [9.17, 15) is 14.4 Å². The number of rotatable bonds is 7. The van der Waals surface area contributed by atoms with Crippen LogP contribution in [0.3, 0.4) is 0 Å². The molecule has 1 heterocycles. The molecule has 0 fully saturated rings. The van der Waals surface area contributed by atoms with Crippen molar-refractivity contribution in [2.75, 3.05) is 0 Å². The van der Waals surface area contributed by atoms with E-state index in [1.54, 1.807) is 42.5 Å². The van der Waals surface area contributed by atoms with Crippen molar-refractivity contribution in [1.29, 1.82) is 5.26 Å². The molecule has 3 aromatic rings. The molecule has 6 heteroatoms. The predicted octanol–water partition coefficient (Wildman–Crippen LogP) is 4.69. The van der Waals surface area contributed by atoms with Crippen LogP contribution in [-0.4, -0.2) is 5.91 Å². The van der Waals surface area contributed by atoms with Gasteiger partial charge in [0.15, 0.2) is 0 Å². The van der Waals surface area contributed by atoms with Crippen molar-refractivity contribution in [3.63, 3.8) is 0 Å². The van der Waals surface area contributed by atoms with Gasteiger partial charge in [-0.15, -0.1) is 11.3 Å². The SMILES string of the molecule is N#CC(=Cc1ccc(OCc2ccccc2F)cc1)C(=O)NCc1cccs1. The largest absolute Gasteiger partial charge is 0.489 e. The Morgan fingerprint density at radius 3 is 2.61 bits per heavy atom. The van der Waals surface area contributed by atoms with Gasteiger partial charge in [0.2, 0.25) is 0 Å². The standard InChI is InChI=1S/C22H17FN2O2S/c23-21-6-2-1-4-17(21)15-27-19-9-7-16(8-10-19)12-18(13-24)22(26)25-14-20-5-3-11-28-20/h1-12H,14-15H2,(H,25,26). The second kappa shape index (κ2) is 9.49. The third-order valence-corrected chi connectivity index (χ3v) is 4.79. The number of nitrogens with one attached hydrogen (secondary N) is 1. The number of benzene rings is 2. The molecule has 0 bridgehead atoms. The number of hydrogen-bond acceptors (Lipinski definition) is 4. The van der Waals surface area contributed by atoms with Crippen LogP contribution in [0.15, 0.2) is 71.6 Å². The van der Waals surface area contributed by atoms with Crippen LogP contribution in [0.4, 0.5) is 4.39 Å². The summed E-state index contributed by atoms with van der Waals surface area (Å²) in [6.07, 6.45) is 1.52. The summed E-state index contributed by atoms with van der Waals surface area (Å²) in [6.45, 7) is 0.509. The van der Waals surface area contributed by atoms with E-state index in [1.807, 2.05) is 23.6 Å². The van der Waals surface area contributed by atoms with Gasteiger partial charge in [-0.3, -0.25) is 4.79 Å². The number of carbonyl (C=O) groups is 1. The summed E-state index contributed by atoms with van der Waals surface area (Å²) in [5.41, 5.74) is 1.19. The van der Waals surface area contributed by atoms with Gasteiger partial charge in [-0.25, -0.2) is 4.39 Å². The van der Waals surface area contributed by atoms with Gasteiger partial charge >= 0.3 is 0 Å². The lowest BCUT2D eigenvalue weighted by atomic mass is 10.1. The maximum atomic E-state index is 13.6. The van der Waals surface area contributed by atoms with Crippen LogP contribution >= 0.6 is 11.3 Å². The van der Waals surface area contributed by atoms with Crippen LogP contribution in [0.2, 0.25) is 0 Å². The van der Waals surface area contributed by atoms with E-state index in [1.165, 1.54) is 23.5 Å². The quantitative estimate of drug-likeness (QED) is 0.469. The van der Waals surface area contributed by atoms with Crippen LogP contribution in [0.1, 0.15) is 16.0 Å². The molecule has 0 atom stereocenters. The molecule has 0 radical (unpaired) electrons. The van der Waals surface area contributed by atoms with Crippen molar-refractivity contribution in [3.05, 3.63) is 93.4 Å². The highest BCUT2D eigenvalue weighted by atomic mass is 32.1. The molecule has 0 saturated carbocycles. The number of halogens is 1. The molecule has 4 nitrogen and oxygen atoms in total. The van der Waals surface area contributed by atoms with Crippen LogP contribution in [0, 0.1) is 17.1 Å². The molecule has 1 aromatic heterocycles. The number of nitrogens with zero attached hydrogens (tertiary/aromatic N) is 1. The van der Waals surface area contributed by atoms with Gasteiger partial charge in [0.25, 0.3) is 5.91 Å². The Morgan fingerprint density at radius 2 is 1.93 bits per heavy atom. The predicted molar refractivity (Wildman–Crippen MR) is 107 cm³/mol.